The minimum Gasteiger partial charge on any atom is -0.505 e. The highest BCUT2D eigenvalue weighted by Crippen LogP contribution is 2.39. The number of aryl methyl sites for hydroxylation is 1. The Balaban J connectivity index is 0.000000199. The number of phenols is 3. The van der Waals surface area contributed by atoms with Crippen LogP contribution >= 0.6 is 0 Å². The van der Waals surface area contributed by atoms with Crippen molar-refractivity contribution in [2.75, 3.05) is 26.3 Å². The monoisotopic (exact) mass is 834 g/mol. The van der Waals surface area contributed by atoms with Gasteiger partial charge < -0.3 is 46.1 Å². The van der Waals surface area contributed by atoms with E-state index in [0.29, 0.717) is 35.6 Å². The van der Waals surface area contributed by atoms with Gasteiger partial charge in [-0.3, -0.25) is 9.97 Å². The van der Waals surface area contributed by atoms with E-state index in [2.05, 4.69) is 62.5 Å². The number of nitrogens with one attached hydrogen (secondary N) is 4. The van der Waals surface area contributed by atoms with E-state index in [-0.39, 0.29) is 29.3 Å². The molecule has 6 aromatic rings. The molecule has 2 atom stereocenters. The van der Waals surface area contributed by atoms with Gasteiger partial charge in [-0.25, -0.2) is 0 Å². The highest BCUT2D eigenvalue weighted by atomic mass is 16.5. The molecule has 2 unspecified atom stereocenters. The van der Waals surface area contributed by atoms with Gasteiger partial charge in [0, 0.05) is 47.4 Å². The summed E-state index contributed by atoms with van der Waals surface area (Å²) < 4.78 is 11.3. The van der Waals surface area contributed by atoms with Crippen molar-refractivity contribution in [1.82, 2.24) is 31.2 Å². The minimum atomic E-state index is -0.388. The van der Waals surface area contributed by atoms with E-state index in [1.807, 2.05) is 114 Å². The van der Waals surface area contributed by atoms with Crippen molar-refractivity contribution >= 4 is 21.8 Å². The van der Waals surface area contributed by atoms with Crippen LogP contribution in [0, 0.1) is 6.92 Å². The molecule has 0 fully saturated rings. The van der Waals surface area contributed by atoms with Gasteiger partial charge >= 0.3 is 0 Å². The Labute approximate surface area is 364 Å². The van der Waals surface area contributed by atoms with Gasteiger partial charge in [-0.05, 0) is 111 Å². The molecule has 11 heteroatoms. The molecule has 0 bridgehead atoms. The number of aromatic nitrogens is 2. The lowest BCUT2D eigenvalue weighted by atomic mass is 9.94. The maximum atomic E-state index is 11.1. The highest BCUT2D eigenvalue weighted by molar-refractivity contribution is 5.86. The lowest BCUT2D eigenvalue weighted by Crippen LogP contribution is -2.32. The standard InChI is InChI=1S/C25H27N3O2.C24H25N3O3.C2H6/c1-4-30-21-10-8-19(15-17(21)3)23(28-22-14-16(2)11-13-26-22)20-9-7-18-6-5-12-27-24(18)25(20)29;1-3-30-20-14-17(7-9-19(20)28)22(27-21-13-15(2)10-12-25-21)18-8-6-16-5-4-11-26-23(16)24(18)29;1-2/h5-12,14-15,23,26,28-29H,4,13H2,1-3H3;4-11,13-14,22,25,27-29H,3,12H2,1-2H3;1-2H3. The lowest BCUT2D eigenvalue weighted by molar-refractivity contribution is 0.317. The number of allylic oxidation sites excluding steroid dienone is 4. The third-order valence-corrected chi connectivity index (χ3v) is 10.4. The van der Waals surface area contributed by atoms with Gasteiger partial charge in [0.1, 0.15) is 28.3 Å². The van der Waals surface area contributed by atoms with Crippen LogP contribution in [0.15, 0.2) is 144 Å². The van der Waals surface area contributed by atoms with Crippen molar-refractivity contribution in [2.45, 2.75) is 60.5 Å². The predicted octanol–water partition coefficient (Wildman–Crippen LogP) is 9.86. The largest absolute Gasteiger partial charge is 0.505 e. The van der Waals surface area contributed by atoms with Gasteiger partial charge in [0.15, 0.2) is 11.5 Å². The summed E-state index contributed by atoms with van der Waals surface area (Å²) in [6, 6.07) is 26.1. The fourth-order valence-corrected chi connectivity index (χ4v) is 7.40. The van der Waals surface area contributed by atoms with Crippen LogP contribution in [0.1, 0.15) is 81.4 Å². The molecule has 7 N–H and O–H groups in total. The second-order valence-electron chi connectivity index (χ2n) is 14.7. The second kappa shape index (κ2) is 20.9. The Morgan fingerprint density at radius 1 is 0.613 bits per heavy atom. The van der Waals surface area contributed by atoms with Crippen LogP contribution in [0.4, 0.5) is 0 Å². The average Bonchev–Trinajstić information content (AvgIpc) is 3.28. The molecule has 0 amide bonds. The molecule has 0 spiro atoms. The van der Waals surface area contributed by atoms with Gasteiger partial charge in [0.2, 0.25) is 0 Å². The molecule has 0 aliphatic carbocycles. The molecule has 2 aromatic heterocycles. The summed E-state index contributed by atoms with van der Waals surface area (Å²) in [6.07, 6.45) is 11.7. The van der Waals surface area contributed by atoms with Crippen LogP contribution in [-0.2, 0) is 0 Å². The molecular formula is C51H58N6O5. The van der Waals surface area contributed by atoms with Crippen molar-refractivity contribution in [3.05, 3.63) is 172 Å². The first-order valence-corrected chi connectivity index (χ1v) is 21.2. The Morgan fingerprint density at radius 2 is 1.10 bits per heavy atom. The summed E-state index contributed by atoms with van der Waals surface area (Å²) in [4.78, 5) is 8.75. The number of hydrogen-bond donors (Lipinski definition) is 7. The Hall–Kier alpha value is -7.14. The topological polar surface area (TPSA) is 153 Å². The van der Waals surface area contributed by atoms with Gasteiger partial charge in [-0.1, -0.05) is 74.5 Å². The van der Waals surface area contributed by atoms with Gasteiger partial charge in [0.25, 0.3) is 0 Å². The zero-order valence-electron chi connectivity index (χ0n) is 36.6. The van der Waals surface area contributed by atoms with E-state index in [1.165, 1.54) is 5.57 Å². The number of rotatable bonds is 12. The first-order valence-electron chi connectivity index (χ1n) is 21.2. The van der Waals surface area contributed by atoms with E-state index < -0.39 is 0 Å². The number of fused-ring (bicyclic) bond motifs is 2. The molecule has 2 aliphatic rings. The maximum absolute atomic E-state index is 11.1. The van der Waals surface area contributed by atoms with Crippen LogP contribution in [0.5, 0.6) is 28.7 Å². The Morgan fingerprint density at radius 3 is 1.58 bits per heavy atom. The smallest absolute Gasteiger partial charge is 0.161 e. The highest BCUT2D eigenvalue weighted by Gasteiger charge is 2.24. The van der Waals surface area contributed by atoms with Gasteiger partial charge in [-0.15, -0.1) is 0 Å². The van der Waals surface area contributed by atoms with E-state index in [0.717, 1.165) is 69.1 Å². The zero-order chi connectivity index (χ0) is 44.2. The fraction of sp³-hybridized carbons (Fsp3) is 0.255. The van der Waals surface area contributed by atoms with Gasteiger partial charge in [0.05, 0.1) is 36.9 Å². The van der Waals surface area contributed by atoms with Crippen molar-refractivity contribution in [3.8, 4) is 28.7 Å². The molecule has 4 aromatic carbocycles. The predicted molar refractivity (Wildman–Crippen MR) is 249 cm³/mol. The van der Waals surface area contributed by atoms with Crippen LogP contribution in [0.25, 0.3) is 21.8 Å². The molecule has 0 saturated carbocycles. The number of nitrogens with zero attached hydrogens (tertiary/aromatic N) is 2. The quantitative estimate of drug-likeness (QED) is 0.0631. The first-order chi connectivity index (χ1) is 30.1. The summed E-state index contributed by atoms with van der Waals surface area (Å²) in [7, 11) is 0. The third kappa shape index (κ3) is 10.4. The molecule has 2 aliphatic heterocycles. The van der Waals surface area contributed by atoms with Crippen LogP contribution in [0.2, 0.25) is 0 Å². The third-order valence-electron chi connectivity index (χ3n) is 10.4. The second-order valence-corrected chi connectivity index (χ2v) is 14.7. The Kier molecular flexibility index (Phi) is 15.0. The average molecular weight is 835 g/mol. The molecule has 322 valence electrons. The summed E-state index contributed by atoms with van der Waals surface area (Å²) in [5.74, 6) is 3.46. The van der Waals surface area contributed by atoms with Crippen molar-refractivity contribution in [3.63, 3.8) is 0 Å². The number of ether oxygens (including phenoxy) is 2. The van der Waals surface area contributed by atoms with Crippen LogP contribution in [-0.4, -0.2) is 51.6 Å². The van der Waals surface area contributed by atoms with Crippen LogP contribution in [0.3, 0.4) is 0 Å². The molecule has 4 heterocycles. The number of pyridine rings is 2. The normalized spacial score (nSPS) is 14.1. The summed E-state index contributed by atoms with van der Waals surface area (Å²) in [5.41, 5.74) is 7.90. The van der Waals surface area contributed by atoms with Crippen molar-refractivity contribution in [2.24, 2.45) is 0 Å². The molecule has 11 nitrogen and oxygen atoms in total. The summed E-state index contributed by atoms with van der Waals surface area (Å²) in [6.45, 7) is 16.6. The number of benzene rings is 4. The van der Waals surface area contributed by atoms with Crippen LogP contribution < -0.4 is 30.7 Å². The Bertz CT molecular complexity index is 2630. The van der Waals surface area contributed by atoms with E-state index in [1.54, 1.807) is 24.5 Å². The van der Waals surface area contributed by atoms with Gasteiger partial charge in [-0.2, -0.15) is 0 Å². The molecule has 8 rings (SSSR count). The van der Waals surface area contributed by atoms with E-state index >= 15 is 0 Å². The summed E-state index contributed by atoms with van der Waals surface area (Å²) in [5, 5.41) is 47.8. The zero-order valence-corrected chi connectivity index (χ0v) is 36.6. The maximum Gasteiger partial charge on any atom is 0.161 e. The minimum absolute atomic E-state index is 0.0811. The number of aromatic hydroxyl groups is 3. The number of dihydropyridines is 2. The molecule has 62 heavy (non-hydrogen) atoms. The molecular weight excluding hydrogens is 777 g/mol. The fourth-order valence-electron chi connectivity index (χ4n) is 7.40. The van der Waals surface area contributed by atoms with E-state index in [9.17, 15) is 15.3 Å². The number of hydrogen-bond acceptors (Lipinski definition) is 11. The SMILES string of the molecule is CC.CCOc1cc(C(NC2=CC(C)=CCN2)c2ccc3cccnc3c2O)ccc1O.CCOc1ccc(C(NC2=CC(C)=CCN2)c2ccc3cccnc3c2O)cc1C. The first kappa shape index (κ1) is 44.4. The molecule has 0 radical (unpaired) electrons. The van der Waals surface area contributed by atoms with E-state index in [4.69, 9.17) is 9.47 Å². The molecule has 0 saturated heterocycles. The summed E-state index contributed by atoms with van der Waals surface area (Å²) >= 11 is 0. The lowest BCUT2D eigenvalue weighted by Gasteiger charge is -2.26. The number of phenolic OH excluding ortho intramolecular Hbond substituents is 3. The van der Waals surface area contributed by atoms with Crippen molar-refractivity contribution in [1.29, 1.82) is 0 Å². The van der Waals surface area contributed by atoms with Crippen molar-refractivity contribution < 1.29 is 24.8 Å².